The maximum atomic E-state index is 15.2. The third-order valence-corrected chi connectivity index (χ3v) is 6.74. The van der Waals surface area contributed by atoms with Gasteiger partial charge in [-0.1, -0.05) is 36.4 Å². The zero-order valence-electron chi connectivity index (χ0n) is 17.5. The van der Waals surface area contributed by atoms with Crippen LogP contribution in [0.3, 0.4) is 0 Å². The molecule has 0 N–H and O–H groups in total. The molecule has 2 aliphatic rings. The Labute approximate surface area is 189 Å². The van der Waals surface area contributed by atoms with Gasteiger partial charge in [-0.25, -0.2) is 13.8 Å². The van der Waals surface area contributed by atoms with Gasteiger partial charge in [-0.15, -0.1) is 0 Å². The minimum absolute atomic E-state index is 0.0700. The lowest BCUT2D eigenvalue weighted by Gasteiger charge is -2.35. The van der Waals surface area contributed by atoms with Gasteiger partial charge in [0.25, 0.3) is 0 Å². The molecule has 0 unspecified atom stereocenters. The van der Waals surface area contributed by atoms with E-state index in [1.807, 2.05) is 0 Å². The van der Waals surface area contributed by atoms with Gasteiger partial charge in [0.1, 0.15) is 6.33 Å². The van der Waals surface area contributed by atoms with Crippen LogP contribution in [-0.2, 0) is 4.74 Å². The first-order chi connectivity index (χ1) is 16.3. The molecule has 1 fully saturated rings. The minimum atomic E-state index is -3.74. The highest BCUT2D eigenvalue weighted by molar-refractivity contribution is 6.20. The molecule has 4 aromatic rings. The molecule has 0 amide bonds. The molecular formula is C25H16F4N2O3. The van der Waals surface area contributed by atoms with Crippen molar-refractivity contribution < 1.29 is 31.9 Å². The summed E-state index contributed by atoms with van der Waals surface area (Å²) in [5.41, 5.74) is 0.0639. The molecule has 1 aromatic heterocycles. The number of halogens is 4. The Kier molecular flexibility index (Phi) is 4.44. The van der Waals surface area contributed by atoms with E-state index in [9.17, 15) is 18.4 Å². The molecule has 1 aliphatic carbocycles. The summed E-state index contributed by atoms with van der Waals surface area (Å²) in [5.74, 6) is -8.31. The highest BCUT2D eigenvalue weighted by Gasteiger charge is 2.59. The Morgan fingerprint density at radius 1 is 1.09 bits per heavy atom. The predicted molar refractivity (Wildman–Crippen MR) is 115 cm³/mol. The Hall–Kier alpha value is -3.59. The quantitative estimate of drug-likeness (QED) is 0.293. The van der Waals surface area contributed by atoms with Crippen LogP contribution in [0.1, 0.15) is 38.8 Å². The summed E-state index contributed by atoms with van der Waals surface area (Å²) in [6, 6.07) is 13.1. The minimum Gasteiger partial charge on any atom is -0.373 e. The Morgan fingerprint density at radius 2 is 1.79 bits per heavy atom. The molecule has 1 aliphatic heterocycles. The molecule has 3 aromatic carbocycles. The van der Waals surface area contributed by atoms with E-state index < -0.39 is 47.1 Å². The van der Waals surface area contributed by atoms with Crippen molar-refractivity contribution >= 4 is 33.4 Å². The number of hydrogen-bond donors (Lipinski definition) is 0. The zero-order valence-corrected chi connectivity index (χ0v) is 17.5. The third kappa shape index (κ3) is 2.67. The first-order valence-electron chi connectivity index (χ1n) is 10.7. The summed E-state index contributed by atoms with van der Waals surface area (Å²) >= 11 is 0. The number of carbonyl (C=O) groups excluding carboxylic acids is 2. The maximum absolute atomic E-state index is 15.2. The second-order valence-corrected chi connectivity index (χ2v) is 8.46. The monoisotopic (exact) mass is 468 g/mol. The summed E-state index contributed by atoms with van der Waals surface area (Å²) < 4.78 is 65.3. The Bertz CT molecular complexity index is 1510. The van der Waals surface area contributed by atoms with Crippen LogP contribution in [0.25, 0.3) is 27.5 Å². The average Bonchev–Trinajstić information content (AvgIpc) is 3.49. The largest absolute Gasteiger partial charge is 0.373 e. The Balaban J connectivity index is 1.84. The average molecular weight is 468 g/mol. The van der Waals surface area contributed by atoms with Crippen molar-refractivity contribution in [3.05, 3.63) is 71.5 Å². The van der Waals surface area contributed by atoms with E-state index in [0.717, 1.165) is 0 Å². The third-order valence-electron chi connectivity index (χ3n) is 6.74. The standard InChI is InChI=1S/C25H16F4N2O3/c26-24(27)21(32)19-18-17(23(33)25(28,29)14-9-10-34-22(14)18)12-5-1-2-6-13(12)20(19)31-11-30-15-7-3-4-8-16(15)31/h1-8,11,14,22,24H,9-10H2/t14-,22+/m0/s1. The molecule has 0 bridgehead atoms. The van der Waals surface area contributed by atoms with E-state index in [1.165, 1.54) is 23.0 Å². The smallest absolute Gasteiger partial charge is 0.315 e. The van der Waals surface area contributed by atoms with Crippen molar-refractivity contribution in [2.24, 2.45) is 5.92 Å². The number of hydrogen-bond acceptors (Lipinski definition) is 4. The molecule has 6 rings (SSSR count). The molecule has 0 radical (unpaired) electrons. The number of Topliss-reactive ketones (excluding diaryl/α,β-unsaturated/α-hetero) is 2. The van der Waals surface area contributed by atoms with Gasteiger partial charge in [0, 0.05) is 23.1 Å². The van der Waals surface area contributed by atoms with Crippen molar-refractivity contribution in [2.75, 3.05) is 6.61 Å². The van der Waals surface area contributed by atoms with Crippen LogP contribution < -0.4 is 0 Å². The number of ketones is 2. The number of benzene rings is 3. The summed E-state index contributed by atoms with van der Waals surface area (Å²) in [7, 11) is 0. The molecule has 5 nitrogen and oxygen atoms in total. The van der Waals surface area contributed by atoms with Gasteiger partial charge in [-0.05, 0) is 23.9 Å². The van der Waals surface area contributed by atoms with Crippen LogP contribution in [0.15, 0.2) is 54.9 Å². The van der Waals surface area contributed by atoms with Crippen LogP contribution in [0.4, 0.5) is 17.6 Å². The van der Waals surface area contributed by atoms with E-state index in [2.05, 4.69) is 4.98 Å². The summed E-state index contributed by atoms with van der Waals surface area (Å²) in [5, 5.41) is 0.365. The van der Waals surface area contributed by atoms with Crippen molar-refractivity contribution in [1.29, 1.82) is 0 Å². The fourth-order valence-corrected chi connectivity index (χ4v) is 5.30. The van der Waals surface area contributed by atoms with Crippen LogP contribution in [0.2, 0.25) is 0 Å². The number of fused-ring (bicyclic) bond motifs is 6. The van der Waals surface area contributed by atoms with Gasteiger partial charge in [-0.3, -0.25) is 14.2 Å². The summed E-state index contributed by atoms with van der Waals surface area (Å²) in [4.78, 5) is 30.5. The maximum Gasteiger partial charge on any atom is 0.315 e. The number of alkyl halides is 4. The van der Waals surface area contributed by atoms with E-state index in [1.54, 1.807) is 36.4 Å². The number of aromatic nitrogens is 2. The molecular weight excluding hydrogens is 452 g/mol. The second kappa shape index (κ2) is 7.20. The highest BCUT2D eigenvalue weighted by atomic mass is 19.3. The molecule has 2 atom stereocenters. The molecule has 9 heteroatoms. The van der Waals surface area contributed by atoms with Gasteiger partial charge in [-0.2, -0.15) is 8.78 Å². The van der Waals surface area contributed by atoms with Gasteiger partial charge in [0.2, 0.25) is 11.6 Å². The van der Waals surface area contributed by atoms with E-state index in [4.69, 9.17) is 4.74 Å². The van der Waals surface area contributed by atoms with E-state index in [-0.39, 0.29) is 35.1 Å². The molecule has 0 spiro atoms. The number of rotatable bonds is 3. The van der Waals surface area contributed by atoms with Gasteiger partial charge >= 0.3 is 12.3 Å². The first kappa shape index (κ1) is 21.0. The van der Waals surface area contributed by atoms with Gasteiger partial charge in [0.15, 0.2) is 0 Å². The van der Waals surface area contributed by atoms with Gasteiger partial charge < -0.3 is 4.74 Å². The van der Waals surface area contributed by atoms with Crippen molar-refractivity contribution in [3.8, 4) is 5.69 Å². The lowest BCUT2D eigenvalue weighted by atomic mass is 9.73. The number of ether oxygens (including phenoxy) is 1. The summed E-state index contributed by atoms with van der Waals surface area (Å²) in [6.07, 6.45) is -3.51. The van der Waals surface area contributed by atoms with Crippen molar-refractivity contribution in [1.82, 2.24) is 9.55 Å². The SMILES string of the molecule is O=C(c1c2c(c3ccccc3c1-n1cnc3ccccc31)C(=O)C(F)(F)[C@H]1CCO[C@@H]21)C(F)F. The molecule has 34 heavy (non-hydrogen) atoms. The molecule has 1 saturated heterocycles. The first-order valence-corrected chi connectivity index (χ1v) is 10.7. The molecule has 172 valence electrons. The van der Waals surface area contributed by atoms with Crippen molar-refractivity contribution in [2.45, 2.75) is 24.9 Å². The lowest BCUT2D eigenvalue weighted by Crippen LogP contribution is -2.44. The normalized spacial score (nSPS) is 21.3. The Morgan fingerprint density at radius 3 is 2.56 bits per heavy atom. The van der Waals surface area contributed by atoms with Crippen LogP contribution >= 0.6 is 0 Å². The second-order valence-electron chi connectivity index (χ2n) is 8.46. The fourth-order valence-electron chi connectivity index (χ4n) is 5.30. The number of imidazole rings is 1. The van der Waals surface area contributed by atoms with Gasteiger partial charge in [0.05, 0.1) is 34.3 Å². The molecule has 2 heterocycles. The number of carbonyl (C=O) groups is 2. The fraction of sp³-hybridized carbons (Fsp3) is 0.240. The summed E-state index contributed by atoms with van der Waals surface area (Å²) in [6.45, 7) is -0.0733. The van der Waals surface area contributed by atoms with Crippen molar-refractivity contribution in [3.63, 3.8) is 0 Å². The van der Waals surface area contributed by atoms with Crippen LogP contribution in [-0.4, -0.2) is 40.1 Å². The zero-order chi connectivity index (χ0) is 23.8. The van der Waals surface area contributed by atoms with Crippen LogP contribution in [0.5, 0.6) is 0 Å². The highest BCUT2D eigenvalue weighted by Crippen LogP contribution is 2.54. The van der Waals surface area contributed by atoms with E-state index >= 15 is 8.78 Å². The lowest BCUT2D eigenvalue weighted by molar-refractivity contribution is -0.0630. The number of para-hydroxylation sites is 2. The van der Waals surface area contributed by atoms with Crippen LogP contribution in [0, 0.1) is 5.92 Å². The topological polar surface area (TPSA) is 61.2 Å². The van der Waals surface area contributed by atoms with E-state index in [0.29, 0.717) is 11.0 Å². The predicted octanol–water partition coefficient (Wildman–Crippen LogP) is 5.54. The molecule has 0 saturated carbocycles. The number of nitrogens with zero attached hydrogens (tertiary/aromatic N) is 2.